The first-order chi connectivity index (χ1) is 16.6. The smallest absolute Gasteiger partial charge is 0.408 e. The molecule has 3 atom stereocenters. The summed E-state index contributed by atoms with van der Waals surface area (Å²) in [4.78, 5) is 21.0. The van der Waals surface area contributed by atoms with Crippen molar-refractivity contribution in [1.29, 1.82) is 0 Å². The number of halogens is 2. The maximum absolute atomic E-state index is 14.8. The number of hydrogen-bond acceptors (Lipinski definition) is 4. The van der Waals surface area contributed by atoms with E-state index in [4.69, 9.17) is 9.72 Å². The summed E-state index contributed by atoms with van der Waals surface area (Å²) in [5, 5.41) is 10.1. The van der Waals surface area contributed by atoms with Crippen LogP contribution in [-0.4, -0.2) is 54.8 Å². The normalized spacial score (nSPS) is 25.0. The third-order valence-electron chi connectivity index (χ3n) is 7.52. The molecule has 0 unspecified atom stereocenters. The molecule has 3 aliphatic rings. The van der Waals surface area contributed by atoms with Gasteiger partial charge in [0, 0.05) is 42.7 Å². The molecule has 2 aliphatic heterocycles. The molecule has 3 heterocycles. The molecule has 190 valence electrons. The van der Waals surface area contributed by atoms with E-state index in [1.54, 1.807) is 0 Å². The van der Waals surface area contributed by atoms with Gasteiger partial charge in [-0.25, -0.2) is 18.6 Å². The molecule has 1 saturated carbocycles. The van der Waals surface area contributed by atoms with Gasteiger partial charge < -0.3 is 14.4 Å². The lowest BCUT2D eigenvalue weighted by atomic mass is 9.88. The Balaban J connectivity index is 1.43. The first-order valence-electron chi connectivity index (χ1n) is 12.5. The molecule has 1 aromatic carbocycles. The highest BCUT2D eigenvalue weighted by Crippen LogP contribution is 2.43. The number of aromatic nitrogens is 2. The van der Waals surface area contributed by atoms with Gasteiger partial charge in [0.1, 0.15) is 23.6 Å². The predicted molar refractivity (Wildman–Crippen MR) is 126 cm³/mol. The van der Waals surface area contributed by atoms with Gasteiger partial charge in [-0.2, -0.15) is 0 Å². The Labute approximate surface area is 204 Å². The minimum absolute atomic E-state index is 0.0572. The van der Waals surface area contributed by atoms with Crippen LogP contribution in [-0.2, 0) is 24.4 Å². The molecule has 0 bridgehead atoms. The van der Waals surface area contributed by atoms with Crippen LogP contribution in [0.15, 0.2) is 18.2 Å². The van der Waals surface area contributed by atoms with Gasteiger partial charge in [0.2, 0.25) is 0 Å². The number of fused-ring (bicyclic) bond motifs is 1. The average Bonchev–Trinajstić information content (AvgIpc) is 3.45. The Hall–Kier alpha value is -2.52. The summed E-state index contributed by atoms with van der Waals surface area (Å²) in [6, 6.07) is 2.51. The fourth-order valence-corrected chi connectivity index (χ4v) is 5.81. The minimum Gasteiger partial charge on any atom is -0.465 e. The largest absolute Gasteiger partial charge is 0.465 e. The number of rotatable bonds is 5. The third-order valence-corrected chi connectivity index (χ3v) is 7.52. The lowest BCUT2D eigenvalue weighted by molar-refractivity contribution is -0.103. The highest BCUT2D eigenvalue weighted by molar-refractivity contribution is 5.66. The van der Waals surface area contributed by atoms with Crippen molar-refractivity contribution in [2.45, 2.75) is 96.2 Å². The second-order valence-corrected chi connectivity index (χ2v) is 11.0. The number of benzene rings is 1. The van der Waals surface area contributed by atoms with Gasteiger partial charge in [-0.1, -0.05) is 0 Å². The standard InChI is InChI=1S/C26H34F2N4O3/c1-5-31-22-13-30(12-20(22)29-24(31)15-6-7-15)17-11-21(32(25(33)34)26(2,3)4)23(35-14-17)18-10-16(27)8-9-19(18)28/h8-10,15,17,21,23H,5-7,11-14H2,1-4H3,(H,33,34)/t17-,21+,23-/m1/s1. The zero-order chi connectivity index (χ0) is 25.1. The zero-order valence-electron chi connectivity index (χ0n) is 20.8. The molecule has 35 heavy (non-hydrogen) atoms. The van der Waals surface area contributed by atoms with Crippen molar-refractivity contribution in [3.63, 3.8) is 0 Å². The highest BCUT2D eigenvalue weighted by Gasteiger charge is 2.46. The number of ether oxygens (including phenoxy) is 1. The summed E-state index contributed by atoms with van der Waals surface area (Å²) in [5.41, 5.74) is 1.63. The van der Waals surface area contributed by atoms with E-state index in [0.717, 1.165) is 37.0 Å². The molecular weight excluding hydrogens is 454 g/mol. The monoisotopic (exact) mass is 488 g/mol. The quantitative estimate of drug-likeness (QED) is 0.638. The lowest BCUT2D eigenvalue weighted by Crippen LogP contribution is -2.58. The van der Waals surface area contributed by atoms with Crippen LogP contribution >= 0.6 is 0 Å². The van der Waals surface area contributed by atoms with Gasteiger partial charge in [-0.3, -0.25) is 9.80 Å². The summed E-state index contributed by atoms with van der Waals surface area (Å²) in [7, 11) is 0. The van der Waals surface area contributed by atoms with E-state index in [1.165, 1.54) is 29.3 Å². The molecule has 2 fully saturated rings. The Morgan fingerprint density at radius 2 is 2.00 bits per heavy atom. The maximum Gasteiger partial charge on any atom is 0.408 e. The predicted octanol–water partition coefficient (Wildman–Crippen LogP) is 5.05. The van der Waals surface area contributed by atoms with Crippen molar-refractivity contribution in [2.75, 3.05) is 6.61 Å². The van der Waals surface area contributed by atoms with Crippen molar-refractivity contribution in [2.24, 2.45) is 0 Å². The molecule has 0 spiro atoms. The molecule has 0 radical (unpaired) electrons. The SMILES string of the molecule is CCn1c(C2CC2)nc2c1CN([C@H]1CO[C@H](c3cc(F)ccc3F)[C@@H](N(C(=O)O)C(C)(C)C)C1)C2. The number of imidazole rings is 1. The Bertz CT molecular complexity index is 1120. The van der Waals surface area contributed by atoms with Crippen molar-refractivity contribution < 1.29 is 23.4 Å². The van der Waals surface area contributed by atoms with Gasteiger partial charge in [0.25, 0.3) is 0 Å². The summed E-state index contributed by atoms with van der Waals surface area (Å²) in [5.74, 6) is 0.602. The molecule has 1 aromatic heterocycles. The summed E-state index contributed by atoms with van der Waals surface area (Å²) < 4.78 is 37.4. The van der Waals surface area contributed by atoms with E-state index in [2.05, 4.69) is 16.4 Å². The molecule has 5 rings (SSSR count). The highest BCUT2D eigenvalue weighted by atomic mass is 19.1. The summed E-state index contributed by atoms with van der Waals surface area (Å²) in [6.45, 7) is 10.2. The Kier molecular flexibility index (Phi) is 6.12. The van der Waals surface area contributed by atoms with Crippen LogP contribution in [0.3, 0.4) is 0 Å². The summed E-state index contributed by atoms with van der Waals surface area (Å²) in [6.07, 6.45) is 0.856. The van der Waals surface area contributed by atoms with Crippen molar-refractivity contribution in [3.8, 4) is 0 Å². The van der Waals surface area contributed by atoms with Gasteiger partial charge in [0.05, 0.1) is 24.0 Å². The van der Waals surface area contributed by atoms with Gasteiger partial charge in [-0.15, -0.1) is 0 Å². The van der Waals surface area contributed by atoms with E-state index >= 15 is 0 Å². The third kappa shape index (κ3) is 4.44. The molecule has 2 aromatic rings. The second kappa shape index (κ2) is 8.85. The molecular formula is C26H34F2N4O3. The van der Waals surface area contributed by atoms with E-state index in [9.17, 15) is 18.7 Å². The number of hydrogen-bond donors (Lipinski definition) is 1. The molecule has 7 nitrogen and oxygen atoms in total. The van der Waals surface area contributed by atoms with Crippen LogP contribution < -0.4 is 0 Å². The number of amides is 1. The molecule has 1 N–H and O–H groups in total. The van der Waals surface area contributed by atoms with E-state index < -0.39 is 35.4 Å². The van der Waals surface area contributed by atoms with Gasteiger partial charge in [0.15, 0.2) is 0 Å². The first-order valence-corrected chi connectivity index (χ1v) is 12.5. The van der Waals surface area contributed by atoms with Crippen molar-refractivity contribution in [1.82, 2.24) is 19.4 Å². The van der Waals surface area contributed by atoms with Crippen LogP contribution in [0.25, 0.3) is 0 Å². The maximum atomic E-state index is 14.8. The Morgan fingerprint density at radius 1 is 1.26 bits per heavy atom. The van der Waals surface area contributed by atoms with Crippen molar-refractivity contribution >= 4 is 6.09 Å². The fourth-order valence-electron chi connectivity index (χ4n) is 5.81. The Morgan fingerprint density at radius 3 is 2.63 bits per heavy atom. The van der Waals surface area contributed by atoms with Crippen LogP contribution in [0.1, 0.15) is 81.8 Å². The average molecular weight is 489 g/mol. The second-order valence-electron chi connectivity index (χ2n) is 11.0. The van der Waals surface area contributed by atoms with Crippen molar-refractivity contribution in [3.05, 3.63) is 52.6 Å². The molecule has 1 aliphatic carbocycles. The van der Waals surface area contributed by atoms with E-state index in [-0.39, 0.29) is 11.6 Å². The minimum atomic E-state index is -1.11. The fraction of sp³-hybridized carbons (Fsp3) is 0.615. The van der Waals surface area contributed by atoms with Gasteiger partial charge in [-0.05, 0) is 65.2 Å². The van der Waals surface area contributed by atoms with E-state index in [1.807, 2.05) is 20.8 Å². The topological polar surface area (TPSA) is 70.8 Å². The number of carbonyl (C=O) groups is 1. The van der Waals surface area contributed by atoms with Crippen LogP contribution in [0.4, 0.5) is 13.6 Å². The zero-order valence-corrected chi connectivity index (χ0v) is 20.8. The molecule has 1 saturated heterocycles. The van der Waals surface area contributed by atoms with Crippen LogP contribution in [0.2, 0.25) is 0 Å². The van der Waals surface area contributed by atoms with E-state index in [0.29, 0.717) is 25.5 Å². The van der Waals surface area contributed by atoms with Crippen LogP contribution in [0, 0.1) is 11.6 Å². The summed E-state index contributed by atoms with van der Waals surface area (Å²) >= 11 is 0. The lowest BCUT2D eigenvalue weighted by Gasteiger charge is -2.48. The van der Waals surface area contributed by atoms with Crippen LogP contribution in [0.5, 0.6) is 0 Å². The number of carboxylic acid groups (broad SMARTS) is 1. The molecule has 1 amide bonds. The van der Waals surface area contributed by atoms with Gasteiger partial charge >= 0.3 is 6.09 Å². The number of nitrogens with zero attached hydrogens (tertiary/aromatic N) is 4. The first kappa shape index (κ1) is 24.2. The molecule has 9 heteroatoms.